The molecule has 1 aliphatic heterocycles. The minimum Gasteiger partial charge on any atom is -0.506 e. The van der Waals surface area contributed by atoms with Crippen LogP contribution in [0.3, 0.4) is 0 Å². The molecule has 0 aromatic heterocycles. The third-order valence-electron chi connectivity index (χ3n) is 3.67. The summed E-state index contributed by atoms with van der Waals surface area (Å²) >= 11 is 10.2. The van der Waals surface area contributed by atoms with E-state index >= 15 is 0 Å². The SMILES string of the molecule is CC1(C)OB(c2c(Br)cc(Br)c(O)c2Br)OC1(C)C. The molecule has 3 nitrogen and oxygen atoms in total. The lowest BCUT2D eigenvalue weighted by atomic mass is 9.79. The zero-order valence-corrected chi connectivity index (χ0v) is 15.8. The van der Waals surface area contributed by atoms with Gasteiger partial charge in [0.1, 0.15) is 5.75 Å². The highest BCUT2D eigenvalue weighted by Crippen LogP contribution is 2.40. The van der Waals surface area contributed by atoms with Gasteiger partial charge in [0.15, 0.2) is 0 Å². The van der Waals surface area contributed by atoms with E-state index in [0.29, 0.717) is 8.95 Å². The average molecular weight is 457 g/mol. The lowest BCUT2D eigenvalue weighted by molar-refractivity contribution is 0.00578. The molecule has 0 radical (unpaired) electrons. The summed E-state index contributed by atoms with van der Waals surface area (Å²) in [7, 11) is -0.534. The van der Waals surface area contributed by atoms with Crippen molar-refractivity contribution in [1.82, 2.24) is 0 Å². The van der Waals surface area contributed by atoms with E-state index in [4.69, 9.17) is 9.31 Å². The van der Waals surface area contributed by atoms with Crippen molar-refractivity contribution in [3.63, 3.8) is 0 Å². The number of hydrogen-bond acceptors (Lipinski definition) is 3. The normalized spacial score (nSPS) is 20.9. The molecule has 1 N–H and O–H groups in total. The molecule has 1 aromatic carbocycles. The van der Waals surface area contributed by atoms with Gasteiger partial charge in [-0.1, -0.05) is 15.9 Å². The maximum Gasteiger partial charge on any atom is 0.497 e. The Morgan fingerprint density at radius 1 is 1.00 bits per heavy atom. The molecule has 1 aromatic rings. The van der Waals surface area contributed by atoms with Crippen molar-refractivity contribution in [3.8, 4) is 5.75 Å². The van der Waals surface area contributed by atoms with Crippen molar-refractivity contribution in [3.05, 3.63) is 19.5 Å². The van der Waals surface area contributed by atoms with Crippen LogP contribution < -0.4 is 5.46 Å². The molecular formula is C12H14BBr3O3. The monoisotopic (exact) mass is 454 g/mol. The van der Waals surface area contributed by atoms with Crippen LogP contribution in [-0.2, 0) is 9.31 Å². The topological polar surface area (TPSA) is 38.7 Å². The van der Waals surface area contributed by atoms with Crippen LogP contribution >= 0.6 is 47.8 Å². The van der Waals surface area contributed by atoms with E-state index in [2.05, 4.69) is 47.8 Å². The Morgan fingerprint density at radius 2 is 1.47 bits per heavy atom. The molecule has 7 heteroatoms. The molecule has 1 saturated heterocycles. The Labute approximate surface area is 138 Å². The van der Waals surface area contributed by atoms with Gasteiger partial charge in [-0.3, -0.25) is 0 Å². The second-order valence-electron chi connectivity index (χ2n) is 5.50. The molecule has 1 heterocycles. The number of benzene rings is 1. The van der Waals surface area contributed by atoms with Gasteiger partial charge in [0, 0.05) is 9.94 Å². The van der Waals surface area contributed by atoms with E-state index in [9.17, 15) is 5.11 Å². The van der Waals surface area contributed by atoms with Gasteiger partial charge in [-0.15, -0.1) is 0 Å². The van der Waals surface area contributed by atoms with Crippen LogP contribution in [0, 0.1) is 0 Å². The zero-order valence-electron chi connectivity index (χ0n) is 11.1. The van der Waals surface area contributed by atoms with Crippen molar-refractivity contribution in [2.75, 3.05) is 0 Å². The van der Waals surface area contributed by atoms with Crippen molar-refractivity contribution in [1.29, 1.82) is 0 Å². The van der Waals surface area contributed by atoms with Crippen LogP contribution in [0.2, 0.25) is 0 Å². The Hall–Kier alpha value is 0.445. The number of aromatic hydroxyl groups is 1. The summed E-state index contributed by atoms with van der Waals surface area (Å²) in [6.07, 6.45) is 0. The number of phenolic OH excluding ortho intramolecular Hbond substituents is 1. The molecule has 0 atom stereocenters. The van der Waals surface area contributed by atoms with Crippen LogP contribution in [0.25, 0.3) is 0 Å². The van der Waals surface area contributed by atoms with Gasteiger partial charge in [0.05, 0.1) is 20.1 Å². The van der Waals surface area contributed by atoms with Crippen molar-refractivity contribution in [2.45, 2.75) is 38.9 Å². The van der Waals surface area contributed by atoms with E-state index in [1.807, 2.05) is 27.7 Å². The quantitative estimate of drug-likeness (QED) is 0.650. The molecule has 1 aliphatic rings. The highest BCUT2D eigenvalue weighted by atomic mass is 79.9. The summed E-state index contributed by atoms with van der Waals surface area (Å²) in [5.41, 5.74) is -0.0854. The van der Waals surface area contributed by atoms with Gasteiger partial charge >= 0.3 is 7.12 Å². The Morgan fingerprint density at radius 3 is 1.95 bits per heavy atom. The van der Waals surface area contributed by atoms with Gasteiger partial charge in [-0.2, -0.15) is 0 Å². The minimum atomic E-state index is -0.534. The molecule has 0 spiro atoms. The van der Waals surface area contributed by atoms with E-state index in [1.165, 1.54) is 0 Å². The molecule has 104 valence electrons. The first-order chi connectivity index (χ1) is 8.57. The van der Waals surface area contributed by atoms with E-state index in [0.717, 1.165) is 9.94 Å². The third kappa shape index (κ3) is 2.64. The van der Waals surface area contributed by atoms with Crippen LogP contribution in [0.15, 0.2) is 19.5 Å². The second kappa shape index (κ2) is 5.02. The summed E-state index contributed by atoms with van der Waals surface area (Å²) < 4.78 is 14.0. The fourth-order valence-corrected chi connectivity index (χ4v) is 4.27. The summed E-state index contributed by atoms with van der Waals surface area (Å²) in [6, 6.07) is 1.78. The first kappa shape index (κ1) is 15.8. The first-order valence-electron chi connectivity index (χ1n) is 5.79. The van der Waals surface area contributed by atoms with Gasteiger partial charge < -0.3 is 14.4 Å². The van der Waals surface area contributed by atoms with Gasteiger partial charge in [0.25, 0.3) is 0 Å². The van der Waals surface area contributed by atoms with Crippen molar-refractivity contribution < 1.29 is 14.4 Å². The van der Waals surface area contributed by atoms with Gasteiger partial charge in [-0.25, -0.2) is 0 Å². The van der Waals surface area contributed by atoms with E-state index in [1.54, 1.807) is 6.07 Å². The minimum absolute atomic E-state index is 0.132. The first-order valence-corrected chi connectivity index (χ1v) is 8.17. The molecule has 0 bridgehead atoms. The molecule has 2 rings (SSSR count). The van der Waals surface area contributed by atoms with Crippen LogP contribution in [0.4, 0.5) is 0 Å². The largest absolute Gasteiger partial charge is 0.506 e. The molecule has 0 saturated carbocycles. The average Bonchev–Trinajstić information content (AvgIpc) is 2.44. The molecule has 0 unspecified atom stereocenters. The molecular weight excluding hydrogens is 443 g/mol. The van der Waals surface area contributed by atoms with Gasteiger partial charge in [-0.05, 0) is 65.6 Å². The van der Waals surface area contributed by atoms with Crippen molar-refractivity contribution >= 4 is 60.4 Å². The predicted octanol–water partition coefficient (Wildman–Crippen LogP) is 3.98. The van der Waals surface area contributed by atoms with E-state index < -0.39 is 18.3 Å². The predicted molar refractivity (Wildman–Crippen MR) is 86.9 cm³/mol. The molecule has 1 fully saturated rings. The van der Waals surface area contributed by atoms with Crippen LogP contribution in [0.1, 0.15) is 27.7 Å². The highest BCUT2D eigenvalue weighted by molar-refractivity contribution is 9.11. The fraction of sp³-hybridized carbons (Fsp3) is 0.500. The van der Waals surface area contributed by atoms with E-state index in [-0.39, 0.29) is 5.75 Å². The lowest BCUT2D eigenvalue weighted by Crippen LogP contribution is -2.41. The van der Waals surface area contributed by atoms with Crippen LogP contribution in [0.5, 0.6) is 5.75 Å². The number of phenols is 1. The summed E-state index contributed by atoms with van der Waals surface area (Å²) in [6.45, 7) is 7.97. The summed E-state index contributed by atoms with van der Waals surface area (Å²) in [5.74, 6) is 0.132. The van der Waals surface area contributed by atoms with Crippen LogP contribution in [-0.4, -0.2) is 23.4 Å². The molecule has 0 amide bonds. The summed E-state index contributed by atoms with van der Waals surface area (Å²) in [4.78, 5) is 0. The Balaban J connectivity index is 2.49. The molecule has 19 heavy (non-hydrogen) atoms. The lowest BCUT2D eigenvalue weighted by Gasteiger charge is -2.32. The Bertz CT molecular complexity index is 515. The Kier molecular flexibility index (Phi) is 4.18. The standard InChI is InChI=1S/C12H14BBr3O3/c1-11(2)12(3,4)19-13(18-11)8-6(14)5-7(15)10(17)9(8)16/h5,17H,1-4H3. The summed E-state index contributed by atoms with van der Waals surface area (Å²) in [5, 5.41) is 10.0. The highest BCUT2D eigenvalue weighted by Gasteiger charge is 2.53. The maximum absolute atomic E-state index is 10.0. The third-order valence-corrected chi connectivity index (χ3v) is 5.73. The number of rotatable bonds is 1. The van der Waals surface area contributed by atoms with Crippen molar-refractivity contribution in [2.24, 2.45) is 0 Å². The second-order valence-corrected chi connectivity index (χ2v) is 8.01. The van der Waals surface area contributed by atoms with Gasteiger partial charge in [0.2, 0.25) is 0 Å². The maximum atomic E-state index is 10.0. The smallest absolute Gasteiger partial charge is 0.497 e. The fourth-order valence-electron chi connectivity index (χ4n) is 1.77. The molecule has 0 aliphatic carbocycles. The zero-order chi connectivity index (χ0) is 14.6. The number of hydrogen-bond donors (Lipinski definition) is 1. The number of halogens is 3.